The summed E-state index contributed by atoms with van der Waals surface area (Å²) in [5.41, 5.74) is 0. The number of amides is 1. The first kappa shape index (κ1) is 15.2. The largest absolute Gasteiger partial charge is 0.762 e. The number of hydrogen-bond donors (Lipinski definition) is 1. The fourth-order valence-corrected chi connectivity index (χ4v) is 3.77. The number of ether oxygens (including phenoxy) is 2. The SMILES string of the molecule is CCCCCCN1C(=O)C(N([O-])O)C2CC1C1OCC2O1. The van der Waals surface area contributed by atoms with Crippen LogP contribution in [0.2, 0.25) is 0 Å². The number of carbonyl (C=O) groups is 1. The Morgan fingerprint density at radius 2 is 2.24 bits per heavy atom. The molecular formula is C14H23N2O5-. The van der Waals surface area contributed by atoms with Crippen molar-refractivity contribution in [3.63, 3.8) is 0 Å². The minimum absolute atomic E-state index is 0.126. The molecule has 21 heavy (non-hydrogen) atoms. The molecule has 3 aliphatic heterocycles. The third kappa shape index (κ3) is 2.68. The number of fused-ring (bicyclic) bond motifs is 6. The van der Waals surface area contributed by atoms with Gasteiger partial charge in [-0.2, -0.15) is 0 Å². The van der Waals surface area contributed by atoms with Gasteiger partial charge in [-0.1, -0.05) is 26.2 Å². The first-order valence-electron chi connectivity index (χ1n) is 7.86. The van der Waals surface area contributed by atoms with Gasteiger partial charge in [-0.3, -0.25) is 10.0 Å². The highest BCUT2D eigenvalue weighted by Crippen LogP contribution is 2.41. The van der Waals surface area contributed by atoms with Crippen molar-refractivity contribution in [3.8, 4) is 0 Å². The van der Waals surface area contributed by atoms with Gasteiger partial charge in [0.1, 0.15) is 6.04 Å². The van der Waals surface area contributed by atoms with E-state index in [1.165, 1.54) is 0 Å². The van der Waals surface area contributed by atoms with Gasteiger partial charge < -0.3 is 24.8 Å². The smallest absolute Gasteiger partial charge is 0.241 e. The second kappa shape index (κ2) is 6.18. The van der Waals surface area contributed by atoms with E-state index < -0.39 is 6.04 Å². The van der Waals surface area contributed by atoms with Crippen molar-refractivity contribution in [3.05, 3.63) is 5.21 Å². The topological polar surface area (TPSA) is 85.3 Å². The molecule has 3 rings (SSSR count). The van der Waals surface area contributed by atoms with Crippen molar-refractivity contribution in [1.29, 1.82) is 0 Å². The van der Waals surface area contributed by atoms with Gasteiger partial charge >= 0.3 is 0 Å². The van der Waals surface area contributed by atoms with Crippen LogP contribution in [0.1, 0.15) is 39.0 Å². The van der Waals surface area contributed by atoms with Crippen LogP contribution in [0.25, 0.3) is 0 Å². The molecule has 0 radical (unpaired) electrons. The van der Waals surface area contributed by atoms with Crippen LogP contribution in [0.4, 0.5) is 0 Å². The maximum absolute atomic E-state index is 12.6. The third-order valence-electron chi connectivity index (χ3n) is 4.87. The number of likely N-dealkylation sites (tertiary alicyclic amines) is 1. The number of piperidine rings is 1. The highest BCUT2D eigenvalue weighted by atomic mass is 16.8. The molecule has 7 nitrogen and oxygen atoms in total. The zero-order valence-electron chi connectivity index (χ0n) is 12.3. The highest BCUT2D eigenvalue weighted by molar-refractivity contribution is 5.83. The lowest BCUT2D eigenvalue weighted by atomic mass is 9.81. The van der Waals surface area contributed by atoms with Gasteiger partial charge in [0.2, 0.25) is 5.91 Å². The molecule has 0 spiro atoms. The lowest BCUT2D eigenvalue weighted by Crippen LogP contribution is -2.65. The summed E-state index contributed by atoms with van der Waals surface area (Å²) in [4.78, 5) is 14.3. The third-order valence-corrected chi connectivity index (χ3v) is 4.87. The molecule has 0 aliphatic carbocycles. The predicted octanol–water partition coefficient (Wildman–Crippen LogP) is 1.10. The minimum atomic E-state index is -1.06. The lowest BCUT2D eigenvalue weighted by molar-refractivity contribution is -0.212. The van der Waals surface area contributed by atoms with Crippen LogP contribution in [0, 0.1) is 11.1 Å². The molecule has 3 fully saturated rings. The molecule has 3 saturated heterocycles. The Hall–Kier alpha value is -0.730. The highest BCUT2D eigenvalue weighted by Gasteiger charge is 2.55. The first-order chi connectivity index (χ1) is 10.1. The molecule has 3 heterocycles. The van der Waals surface area contributed by atoms with Crippen LogP contribution in [-0.4, -0.2) is 58.9 Å². The molecular weight excluding hydrogens is 276 g/mol. The van der Waals surface area contributed by atoms with Gasteiger partial charge in [-0.15, -0.1) is 0 Å². The van der Waals surface area contributed by atoms with E-state index in [1.54, 1.807) is 4.90 Å². The van der Waals surface area contributed by atoms with Gasteiger partial charge in [0.25, 0.3) is 0 Å². The molecule has 3 aliphatic rings. The van der Waals surface area contributed by atoms with E-state index in [9.17, 15) is 15.2 Å². The summed E-state index contributed by atoms with van der Waals surface area (Å²) in [5, 5.41) is 20.6. The summed E-state index contributed by atoms with van der Waals surface area (Å²) in [5.74, 6) is -0.565. The molecule has 0 saturated carbocycles. The van der Waals surface area contributed by atoms with Crippen LogP contribution in [0.3, 0.4) is 0 Å². The molecule has 7 heteroatoms. The fraction of sp³-hybridized carbons (Fsp3) is 0.929. The van der Waals surface area contributed by atoms with Gasteiger partial charge in [0.05, 0.1) is 18.8 Å². The van der Waals surface area contributed by atoms with Gasteiger partial charge in [-0.25, -0.2) is 0 Å². The summed E-state index contributed by atoms with van der Waals surface area (Å²) in [6.07, 6.45) is 4.24. The summed E-state index contributed by atoms with van der Waals surface area (Å²) in [6.45, 7) is 3.12. The van der Waals surface area contributed by atoms with E-state index in [4.69, 9.17) is 9.47 Å². The predicted molar refractivity (Wildman–Crippen MR) is 73.1 cm³/mol. The maximum Gasteiger partial charge on any atom is 0.241 e. The molecule has 0 aromatic heterocycles. The molecule has 5 atom stereocenters. The van der Waals surface area contributed by atoms with E-state index in [-0.39, 0.29) is 35.5 Å². The van der Waals surface area contributed by atoms with Crippen molar-refractivity contribution >= 4 is 5.91 Å². The Morgan fingerprint density at radius 3 is 2.95 bits per heavy atom. The molecule has 5 unspecified atom stereocenters. The normalized spacial score (nSPS) is 38.4. The van der Waals surface area contributed by atoms with Crippen LogP contribution in [-0.2, 0) is 14.3 Å². The van der Waals surface area contributed by atoms with Crippen LogP contribution >= 0.6 is 0 Å². The molecule has 1 N–H and O–H groups in total. The van der Waals surface area contributed by atoms with E-state index in [1.807, 2.05) is 0 Å². The van der Waals surface area contributed by atoms with Crippen LogP contribution < -0.4 is 0 Å². The summed E-state index contributed by atoms with van der Waals surface area (Å²) >= 11 is 0. The first-order valence-corrected chi connectivity index (χ1v) is 7.86. The van der Waals surface area contributed by atoms with Crippen molar-refractivity contribution in [1.82, 2.24) is 10.1 Å². The monoisotopic (exact) mass is 299 g/mol. The fourth-order valence-electron chi connectivity index (χ4n) is 3.77. The second-order valence-electron chi connectivity index (χ2n) is 6.18. The zero-order chi connectivity index (χ0) is 15.0. The van der Waals surface area contributed by atoms with Gasteiger partial charge in [0.15, 0.2) is 6.29 Å². The summed E-state index contributed by atoms with van der Waals surface area (Å²) in [6, 6.07) is -1.18. The van der Waals surface area contributed by atoms with Crippen molar-refractivity contribution in [2.45, 2.75) is 63.5 Å². The maximum atomic E-state index is 12.6. The molecule has 1 amide bonds. The standard InChI is InChI=1S/C14H23N2O5/c1-2-3-4-5-6-15-10-7-9(11-8-20-14(10)21-11)12(13(15)17)16(18)19/h9-12,14,18H,2-8H2,1H3/q-1. The van der Waals surface area contributed by atoms with E-state index in [2.05, 4.69) is 6.92 Å². The number of hydroxylamine groups is 2. The van der Waals surface area contributed by atoms with Crippen molar-refractivity contribution in [2.24, 2.45) is 5.92 Å². The Morgan fingerprint density at radius 1 is 1.43 bits per heavy atom. The van der Waals surface area contributed by atoms with Gasteiger partial charge in [-0.05, 0) is 12.8 Å². The number of nitrogens with zero attached hydrogens (tertiary/aromatic N) is 2. The average Bonchev–Trinajstić information content (AvgIpc) is 2.88. The zero-order valence-corrected chi connectivity index (χ0v) is 12.3. The molecule has 0 aromatic carbocycles. The number of rotatable bonds is 6. The van der Waals surface area contributed by atoms with E-state index in [0.717, 1.165) is 25.7 Å². The summed E-state index contributed by atoms with van der Waals surface area (Å²) in [7, 11) is 0. The Balaban J connectivity index is 1.73. The van der Waals surface area contributed by atoms with Crippen LogP contribution in [0.15, 0.2) is 0 Å². The van der Waals surface area contributed by atoms with Crippen LogP contribution in [0.5, 0.6) is 0 Å². The molecule has 4 bridgehead atoms. The molecule has 120 valence electrons. The average molecular weight is 299 g/mol. The van der Waals surface area contributed by atoms with E-state index >= 15 is 0 Å². The number of carbonyl (C=O) groups excluding carboxylic acids is 1. The molecule has 0 aromatic rings. The Kier molecular flexibility index (Phi) is 4.46. The number of unbranched alkanes of at least 4 members (excludes halogenated alkanes) is 3. The minimum Gasteiger partial charge on any atom is -0.762 e. The summed E-state index contributed by atoms with van der Waals surface area (Å²) < 4.78 is 11.4. The van der Waals surface area contributed by atoms with Crippen molar-refractivity contribution in [2.75, 3.05) is 13.2 Å². The second-order valence-corrected chi connectivity index (χ2v) is 6.18. The van der Waals surface area contributed by atoms with E-state index in [0.29, 0.717) is 19.6 Å². The van der Waals surface area contributed by atoms with Gasteiger partial charge in [0, 0.05) is 12.5 Å². The lowest BCUT2D eigenvalue weighted by Gasteiger charge is -2.51. The number of hydrogen-bond acceptors (Lipinski definition) is 6. The Bertz CT molecular complexity index is 392. The quantitative estimate of drug-likeness (QED) is 0.584. The Labute approximate surface area is 124 Å². The van der Waals surface area contributed by atoms with Crippen molar-refractivity contribution < 1.29 is 19.5 Å².